The second-order valence-electron chi connectivity index (χ2n) is 3.53. The van der Waals surface area contributed by atoms with Crippen LogP contribution in [-0.2, 0) is 4.74 Å². The molecule has 0 saturated carbocycles. The summed E-state index contributed by atoms with van der Waals surface area (Å²) in [5, 5.41) is 0. The molecule has 0 aliphatic rings. The number of nitrogens with two attached hydrogens (primary N) is 1. The second kappa shape index (κ2) is 9.21. The summed E-state index contributed by atoms with van der Waals surface area (Å²) >= 11 is 0. The highest BCUT2D eigenvalue weighted by atomic mass is 127. The van der Waals surface area contributed by atoms with E-state index < -0.39 is 6.09 Å². The number of hydrogen-bond donors (Lipinski definition) is 1. The van der Waals surface area contributed by atoms with Crippen molar-refractivity contribution >= 4 is 6.09 Å². The molecule has 0 bridgehead atoms. The molecule has 15 heavy (non-hydrogen) atoms. The summed E-state index contributed by atoms with van der Waals surface area (Å²) in [5.41, 5.74) is 4.87. The van der Waals surface area contributed by atoms with E-state index in [2.05, 4.69) is 20.8 Å². The molecule has 0 unspecified atom stereocenters. The van der Waals surface area contributed by atoms with Gasteiger partial charge < -0.3 is 38.9 Å². The molecule has 2 N–H and O–H groups in total. The van der Waals surface area contributed by atoms with Crippen LogP contribution in [0.1, 0.15) is 27.2 Å². The van der Waals surface area contributed by atoms with E-state index in [0.29, 0.717) is 6.61 Å². The number of quaternary nitrogens is 1. The fourth-order valence-corrected chi connectivity index (χ4v) is 1.72. The van der Waals surface area contributed by atoms with Crippen molar-refractivity contribution in [3.63, 3.8) is 0 Å². The molecule has 92 valence electrons. The van der Waals surface area contributed by atoms with Crippen molar-refractivity contribution in [2.45, 2.75) is 27.2 Å². The lowest BCUT2D eigenvalue weighted by Gasteiger charge is -2.35. The fourth-order valence-electron chi connectivity index (χ4n) is 1.72. The summed E-state index contributed by atoms with van der Waals surface area (Å²) in [6.07, 6.45) is 0.214. The van der Waals surface area contributed by atoms with Crippen molar-refractivity contribution in [1.82, 2.24) is 0 Å². The van der Waals surface area contributed by atoms with Crippen molar-refractivity contribution in [2.24, 2.45) is 5.73 Å². The predicted molar refractivity (Wildman–Crippen MR) is 56.9 cm³/mol. The maximum atomic E-state index is 10.3. The molecule has 0 aliphatic carbocycles. The molecule has 1 amide bonds. The van der Waals surface area contributed by atoms with Crippen LogP contribution in [0.2, 0.25) is 0 Å². The van der Waals surface area contributed by atoms with Gasteiger partial charge in [0.25, 0.3) is 0 Å². The number of hydrogen-bond acceptors (Lipinski definition) is 2. The van der Waals surface area contributed by atoms with Gasteiger partial charge in [-0.2, -0.15) is 0 Å². The minimum atomic E-state index is -0.674. The summed E-state index contributed by atoms with van der Waals surface area (Å²) in [7, 11) is 0. The molecule has 0 radical (unpaired) electrons. The van der Waals surface area contributed by atoms with Crippen molar-refractivity contribution in [3.05, 3.63) is 0 Å². The Morgan fingerprint density at radius 1 is 1.20 bits per heavy atom. The molecule has 0 saturated heterocycles. The van der Waals surface area contributed by atoms with Crippen LogP contribution in [0.5, 0.6) is 0 Å². The molecule has 0 aliphatic heterocycles. The SMILES string of the molecule is CC[N+](CC)(CC)CCCOC(N)=O.[I-]. The molecule has 0 heterocycles. The number of amides is 1. The van der Waals surface area contributed by atoms with Crippen molar-refractivity contribution < 1.29 is 38.0 Å². The van der Waals surface area contributed by atoms with E-state index in [0.717, 1.165) is 37.1 Å². The smallest absolute Gasteiger partial charge is 0.404 e. The summed E-state index contributed by atoms with van der Waals surface area (Å²) < 4.78 is 5.79. The average Bonchev–Trinajstić information content (AvgIpc) is 2.19. The third-order valence-corrected chi connectivity index (χ3v) is 3.03. The van der Waals surface area contributed by atoms with Crippen LogP contribution in [-0.4, -0.2) is 43.4 Å². The molecule has 0 aromatic carbocycles. The number of primary amides is 1. The van der Waals surface area contributed by atoms with Gasteiger partial charge in [0.05, 0.1) is 32.8 Å². The van der Waals surface area contributed by atoms with E-state index in [-0.39, 0.29) is 24.0 Å². The lowest BCUT2D eigenvalue weighted by atomic mass is 10.3. The highest BCUT2D eigenvalue weighted by molar-refractivity contribution is 5.64. The Kier molecular flexibility index (Phi) is 10.7. The molecule has 5 heteroatoms. The minimum absolute atomic E-state index is 0. The zero-order valence-electron chi connectivity index (χ0n) is 9.96. The highest BCUT2D eigenvalue weighted by Crippen LogP contribution is 2.06. The third-order valence-electron chi connectivity index (χ3n) is 3.03. The number of nitrogens with zero attached hydrogens (tertiary/aromatic N) is 1. The van der Waals surface area contributed by atoms with Crippen LogP contribution in [0.25, 0.3) is 0 Å². The lowest BCUT2D eigenvalue weighted by molar-refractivity contribution is -0.923. The first-order valence-electron chi connectivity index (χ1n) is 5.37. The van der Waals surface area contributed by atoms with Gasteiger partial charge in [-0.1, -0.05) is 0 Å². The average molecular weight is 330 g/mol. The molecule has 0 fully saturated rings. The Morgan fingerprint density at radius 2 is 1.67 bits per heavy atom. The number of halogens is 1. The van der Waals surface area contributed by atoms with E-state index in [1.165, 1.54) is 0 Å². The normalized spacial score (nSPS) is 10.6. The number of carbonyl (C=O) groups is 1. The molecule has 0 atom stereocenters. The Hall–Kier alpha value is -0.0400. The Bertz CT molecular complexity index is 165. The largest absolute Gasteiger partial charge is 1.00 e. The first-order valence-corrected chi connectivity index (χ1v) is 5.37. The monoisotopic (exact) mass is 330 g/mol. The Balaban J connectivity index is 0. The maximum absolute atomic E-state index is 10.3. The Labute approximate surface area is 110 Å². The van der Waals surface area contributed by atoms with E-state index in [1.807, 2.05) is 0 Å². The predicted octanol–water partition coefficient (Wildman–Crippen LogP) is -1.65. The first-order chi connectivity index (χ1) is 6.60. The fraction of sp³-hybridized carbons (Fsp3) is 0.900. The van der Waals surface area contributed by atoms with Crippen LogP contribution < -0.4 is 29.7 Å². The third kappa shape index (κ3) is 6.94. The quantitative estimate of drug-likeness (QED) is 0.346. The summed E-state index contributed by atoms with van der Waals surface area (Å²) in [6.45, 7) is 11.5. The summed E-state index contributed by atoms with van der Waals surface area (Å²) in [6, 6.07) is 0. The molecule has 0 spiro atoms. The Morgan fingerprint density at radius 3 is 2.00 bits per heavy atom. The van der Waals surface area contributed by atoms with Crippen molar-refractivity contribution in [3.8, 4) is 0 Å². The van der Waals surface area contributed by atoms with Gasteiger partial charge in [0, 0.05) is 6.42 Å². The number of carbonyl (C=O) groups excluding carboxylic acids is 1. The van der Waals surface area contributed by atoms with Gasteiger partial charge in [-0.15, -0.1) is 0 Å². The standard InChI is InChI=1S/C10H22N2O2.HI/c1-4-12(5-2,6-3)8-7-9-14-10(11)13;/h4-9H2,1-3H3,(H-,11,13);1H. The van der Waals surface area contributed by atoms with Gasteiger partial charge in [-0.25, -0.2) is 4.79 Å². The van der Waals surface area contributed by atoms with E-state index in [4.69, 9.17) is 10.5 Å². The summed E-state index contributed by atoms with van der Waals surface area (Å²) in [5.74, 6) is 0. The molecule has 0 aromatic heterocycles. The number of ether oxygens (including phenoxy) is 1. The molecular formula is C10H23IN2O2. The van der Waals surface area contributed by atoms with Gasteiger partial charge in [0.15, 0.2) is 0 Å². The van der Waals surface area contributed by atoms with Gasteiger partial charge >= 0.3 is 6.09 Å². The first kappa shape index (κ1) is 17.4. The van der Waals surface area contributed by atoms with Gasteiger partial charge in [-0.3, -0.25) is 0 Å². The second-order valence-corrected chi connectivity index (χ2v) is 3.53. The van der Waals surface area contributed by atoms with E-state index in [1.54, 1.807) is 0 Å². The van der Waals surface area contributed by atoms with Crippen molar-refractivity contribution in [1.29, 1.82) is 0 Å². The summed E-state index contributed by atoms with van der Waals surface area (Å²) in [4.78, 5) is 10.3. The minimum Gasteiger partial charge on any atom is -1.00 e. The molecule has 4 nitrogen and oxygen atoms in total. The lowest BCUT2D eigenvalue weighted by Crippen LogP contribution is -3.00. The van der Waals surface area contributed by atoms with E-state index in [9.17, 15) is 4.79 Å². The van der Waals surface area contributed by atoms with Crippen molar-refractivity contribution in [2.75, 3.05) is 32.8 Å². The van der Waals surface area contributed by atoms with Crippen LogP contribution in [0.3, 0.4) is 0 Å². The molecule has 0 rings (SSSR count). The van der Waals surface area contributed by atoms with Gasteiger partial charge in [-0.05, 0) is 20.8 Å². The van der Waals surface area contributed by atoms with Crippen LogP contribution in [0.4, 0.5) is 4.79 Å². The van der Waals surface area contributed by atoms with E-state index >= 15 is 0 Å². The van der Waals surface area contributed by atoms with Crippen LogP contribution >= 0.6 is 0 Å². The van der Waals surface area contributed by atoms with Crippen LogP contribution in [0, 0.1) is 0 Å². The molecular weight excluding hydrogens is 307 g/mol. The molecule has 0 aromatic rings. The highest BCUT2D eigenvalue weighted by Gasteiger charge is 2.19. The maximum Gasteiger partial charge on any atom is 0.404 e. The van der Waals surface area contributed by atoms with Gasteiger partial charge in [0.1, 0.15) is 0 Å². The zero-order chi connectivity index (χ0) is 11.0. The zero-order valence-corrected chi connectivity index (χ0v) is 12.1. The van der Waals surface area contributed by atoms with Crippen LogP contribution in [0.15, 0.2) is 0 Å². The van der Waals surface area contributed by atoms with Gasteiger partial charge in [0.2, 0.25) is 0 Å². The topological polar surface area (TPSA) is 52.3 Å². The number of rotatable bonds is 7.